The first-order valence-electron chi connectivity index (χ1n) is 20.2. The van der Waals surface area contributed by atoms with Crippen LogP contribution in [0.1, 0.15) is 72.8 Å². The number of hydrogen-bond acceptors (Lipinski definition) is 8. The fourth-order valence-electron chi connectivity index (χ4n) is 6.74. The Balaban J connectivity index is 1.13. The summed E-state index contributed by atoms with van der Waals surface area (Å²) >= 11 is 0. The molecule has 1 aliphatic rings. The molecule has 1 aliphatic heterocycles. The van der Waals surface area contributed by atoms with Gasteiger partial charge in [-0.2, -0.15) is 0 Å². The number of azide groups is 1. The topological polar surface area (TPSA) is 206 Å². The van der Waals surface area contributed by atoms with Gasteiger partial charge in [0.25, 0.3) is 0 Å². The number of ether oxygens (including phenoxy) is 1. The van der Waals surface area contributed by atoms with Gasteiger partial charge in [0.1, 0.15) is 11.5 Å². The van der Waals surface area contributed by atoms with Crippen molar-refractivity contribution < 1.29 is 34.1 Å². The molecular weight excluding hydrogens is 763 g/mol. The Kier molecular flexibility index (Phi) is 17.4. The standard InChI is InChI=1S/C46H51N7O7/c47-52-51-25-5-1-2-11-43(56)49-27-21-34-14-18-38(55)31-41(34)40-9-6-8-36-32-53(42-10-4-3-7-35(42)15-19-39(36)40)46(59)22-28-50-45(58)24-30-60-29-23-44(57)48-26-20-33-12-16-37(54)17-13-33/h3-4,6-10,12-14,16-18,31,54-55H,1-2,5,11,20-30,32H2,(H,48,57)(H,49,56)(H,50,58). The van der Waals surface area contributed by atoms with E-state index in [0.717, 1.165) is 46.2 Å². The zero-order valence-electron chi connectivity index (χ0n) is 33.6. The quantitative estimate of drug-likeness (QED) is 0.0204. The van der Waals surface area contributed by atoms with Gasteiger partial charge in [-0.3, -0.25) is 19.2 Å². The summed E-state index contributed by atoms with van der Waals surface area (Å²) in [6.07, 6.45) is 4.07. The van der Waals surface area contributed by atoms with Crippen LogP contribution < -0.4 is 20.9 Å². The highest BCUT2D eigenvalue weighted by molar-refractivity contribution is 5.96. The second-order valence-electron chi connectivity index (χ2n) is 14.3. The van der Waals surface area contributed by atoms with Crippen molar-refractivity contribution in [2.75, 3.05) is 44.3 Å². The van der Waals surface area contributed by atoms with Gasteiger partial charge >= 0.3 is 0 Å². The van der Waals surface area contributed by atoms with Gasteiger partial charge in [0.05, 0.1) is 25.4 Å². The lowest BCUT2D eigenvalue weighted by Crippen LogP contribution is -2.35. The summed E-state index contributed by atoms with van der Waals surface area (Å²) in [5.74, 6) is 6.24. The number of amides is 4. The van der Waals surface area contributed by atoms with Gasteiger partial charge in [0.15, 0.2) is 0 Å². The van der Waals surface area contributed by atoms with E-state index >= 15 is 0 Å². The van der Waals surface area contributed by atoms with Crippen LogP contribution in [0.3, 0.4) is 0 Å². The third-order valence-electron chi connectivity index (χ3n) is 9.90. The van der Waals surface area contributed by atoms with Crippen LogP contribution >= 0.6 is 0 Å². The van der Waals surface area contributed by atoms with Gasteiger partial charge in [0.2, 0.25) is 23.6 Å². The number of rotatable bonds is 22. The number of nitrogens with zero attached hydrogens (tertiary/aromatic N) is 4. The Hall–Kier alpha value is -6.81. The maximum Gasteiger partial charge on any atom is 0.229 e. The number of fused-ring (bicyclic) bond motifs is 2. The van der Waals surface area contributed by atoms with Crippen LogP contribution in [0.5, 0.6) is 11.5 Å². The van der Waals surface area contributed by atoms with Crippen molar-refractivity contribution in [1.82, 2.24) is 16.0 Å². The second-order valence-corrected chi connectivity index (χ2v) is 14.3. The van der Waals surface area contributed by atoms with E-state index in [4.69, 9.17) is 10.3 Å². The molecular formula is C46H51N7O7. The minimum Gasteiger partial charge on any atom is -0.508 e. The highest BCUT2D eigenvalue weighted by Gasteiger charge is 2.23. The first kappa shape index (κ1) is 44.3. The van der Waals surface area contributed by atoms with Crippen LogP contribution in [0.2, 0.25) is 0 Å². The Bertz CT molecular complexity index is 2230. The van der Waals surface area contributed by atoms with Crippen molar-refractivity contribution >= 4 is 29.3 Å². The zero-order valence-corrected chi connectivity index (χ0v) is 33.6. The lowest BCUT2D eigenvalue weighted by molar-refractivity contribution is -0.123. The molecule has 4 aromatic carbocycles. The average Bonchev–Trinajstić information content (AvgIpc) is 3.23. The number of benzene rings is 4. The van der Waals surface area contributed by atoms with Crippen molar-refractivity contribution in [1.29, 1.82) is 0 Å². The molecule has 14 heteroatoms. The predicted octanol–water partition coefficient (Wildman–Crippen LogP) is 6.20. The number of para-hydroxylation sites is 1. The molecule has 0 fully saturated rings. The third kappa shape index (κ3) is 13.9. The van der Waals surface area contributed by atoms with Gasteiger partial charge < -0.3 is 35.8 Å². The molecule has 0 atom stereocenters. The molecule has 312 valence electrons. The fraction of sp³-hybridized carbons (Fsp3) is 0.348. The zero-order chi connectivity index (χ0) is 42.5. The number of unbranched alkanes of at least 4 members (excludes halogenated alkanes) is 2. The number of phenolic OH excluding ortho intramolecular Hbond substituents is 2. The van der Waals surface area contributed by atoms with Gasteiger partial charge in [0, 0.05) is 67.9 Å². The first-order chi connectivity index (χ1) is 29.2. The van der Waals surface area contributed by atoms with Crippen molar-refractivity contribution in [3.63, 3.8) is 0 Å². The van der Waals surface area contributed by atoms with Crippen LogP contribution in [0.15, 0.2) is 90.0 Å². The molecule has 14 nitrogen and oxygen atoms in total. The van der Waals surface area contributed by atoms with Crippen LogP contribution in [-0.2, 0) is 43.3 Å². The molecule has 5 rings (SSSR count). The number of anilines is 1. The molecule has 1 heterocycles. The van der Waals surface area contributed by atoms with E-state index in [1.54, 1.807) is 41.3 Å². The lowest BCUT2D eigenvalue weighted by Gasteiger charge is -2.27. The summed E-state index contributed by atoms with van der Waals surface area (Å²) in [6.45, 7) is 1.95. The van der Waals surface area contributed by atoms with E-state index in [1.807, 2.05) is 48.5 Å². The van der Waals surface area contributed by atoms with E-state index in [0.29, 0.717) is 56.6 Å². The number of hydrogen-bond donors (Lipinski definition) is 5. The molecule has 5 N–H and O–H groups in total. The van der Waals surface area contributed by atoms with Crippen molar-refractivity contribution in [2.24, 2.45) is 5.11 Å². The molecule has 0 aliphatic carbocycles. The van der Waals surface area contributed by atoms with Crippen LogP contribution in [0.25, 0.3) is 21.6 Å². The summed E-state index contributed by atoms with van der Waals surface area (Å²) in [6, 6.07) is 25.2. The maximum atomic E-state index is 13.9. The number of carbonyl (C=O) groups excluding carboxylic acids is 4. The molecule has 0 bridgehead atoms. The molecule has 0 spiro atoms. The number of aromatic hydroxyl groups is 2. The summed E-state index contributed by atoms with van der Waals surface area (Å²) in [5, 5.41) is 32.1. The minimum absolute atomic E-state index is 0.0475. The summed E-state index contributed by atoms with van der Waals surface area (Å²) in [5.41, 5.74) is 14.8. The lowest BCUT2D eigenvalue weighted by atomic mass is 9.90. The largest absolute Gasteiger partial charge is 0.508 e. The van der Waals surface area contributed by atoms with Gasteiger partial charge in [-0.05, 0) is 95.4 Å². The van der Waals surface area contributed by atoms with Gasteiger partial charge in [-0.15, -0.1) is 0 Å². The minimum atomic E-state index is -0.268. The van der Waals surface area contributed by atoms with Crippen molar-refractivity contribution in [2.45, 2.75) is 64.3 Å². The highest BCUT2D eigenvalue weighted by Crippen LogP contribution is 2.34. The summed E-state index contributed by atoms with van der Waals surface area (Å²) < 4.78 is 5.50. The first-order valence-corrected chi connectivity index (χ1v) is 20.2. The predicted molar refractivity (Wildman–Crippen MR) is 229 cm³/mol. The van der Waals surface area contributed by atoms with Gasteiger partial charge in [-0.25, -0.2) is 0 Å². The van der Waals surface area contributed by atoms with Crippen molar-refractivity contribution in [3.05, 3.63) is 123 Å². The van der Waals surface area contributed by atoms with E-state index in [9.17, 15) is 29.4 Å². The molecule has 0 aromatic heterocycles. The van der Waals surface area contributed by atoms with Crippen molar-refractivity contribution in [3.8, 4) is 34.5 Å². The monoisotopic (exact) mass is 813 g/mol. The van der Waals surface area contributed by atoms with E-state index in [2.05, 4.69) is 37.8 Å². The molecule has 0 unspecified atom stereocenters. The third-order valence-corrected chi connectivity index (χ3v) is 9.90. The van der Waals surface area contributed by atoms with Crippen LogP contribution in [0.4, 0.5) is 5.69 Å². The Morgan fingerprint density at radius 1 is 0.717 bits per heavy atom. The summed E-state index contributed by atoms with van der Waals surface area (Å²) in [4.78, 5) is 55.5. The fourth-order valence-corrected chi connectivity index (χ4v) is 6.74. The number of nitrogens with one attached hydrogen (secondary N) is 3. The average molecular weight is 814 g/mol. The van der Waals surface area contributed by atoms with Crippen LogP contribution in [-0.4, -0.2) is 73.2 Å². The van der Waals surface area contributed by atoms with Crippen LogP contribution in [0, 0.1) is 11.8 Å². The van der Waals surface area contributed by atoms with E-state index in [-0.39, 0.29) is 80.7 Å². The van der Waals surface area contributed by atoms with E-state index < -0.39 is 0 Å². The molecule has 4 amide bonds. The molecule has 0 saturated carbocycles. The second kappa shape index (κ2) is 23.6. The highest BCUT2D eigenvalue weighted by atomic mass is 16.5. The molecule has 60 heavy (non-hydrogen) atoms. The smallest absolute Gasteiger partial charge is 0.229 e. The molecule has 0 saturated heterocycles. The Morgan fingerprint density at radius 2 is 1.42 bits per heavy atom. The SMILES string of the molecule is [N-]=[N+]=NCCCCCC(=O)NCCc1ccc(O)cc1-c1cccc2c1C#Cc1ccccc1N(C(=O)CCNC(=O)CCOCCC(=O)NCCc1ccc(O)cc1)C2. The molecule has 0 radical (unpaired) electrons. The Labute approximate surface area is 350 Å². The number of carbonyl (C=O) groups is 4. The van der Waals surface area contributed by atoms with Gasteiger partial charge in [-0.1, -0.05) is 71.9 Å². The summed E-state index contributed by atoms with van der Waals surface area (Å²) in [7, 11) is 0. The maximum absolute atomic E-state index is 13.9. The normalized spacial score (nSPS) is 11.4. The molecule has 4 aromatic rings. The Morgan fingerprint density at radius 3 is 2.18 bits per heavy atom. The number of phenols is 2. The van der Waals surface area contributed by atoms with E-state index in [1.165, 1.54) is 0 Å².